The number of aldehydes is 1. The average molecular weight is 521 g/mol. The molecule has 0 N–H and O–H groups in total. The zero-order valence-electron chi connectivity index (χ0n) is 14.5. The Kier molecular flexibility index (Phi) is 8.60. The monoisotopic (exact) mass is 518 g/mol. The number of benzene rings is 2. The minimum atomic E-state index is -0.459. The van der Waals surface area contributed by atoms with Gasteiger partial charge < -0.3 is 14.2 Å². The number of esters is 1. The number of halogens is 3. The molecule has 8 heteroatoms. The summed E-state index contributed by atoms with van der Waals surface area (Å²) < 4.78 is 16.0. The maximum absolute atomic E-state index is 11.8. The highest BCUT2D eigenvalue weighted by atomic mass is 79.9. The van der Waals surface area contributed by atoms with E-state index < -0.39 is 5.97 Å². The fraction of sp³-hybridized carbons (Fsp3) is 0.263. The van der Waals surface area contributed by atoms with Crippen LogP contribution in [0.1, 0.15) is 31.8 Å². The van der Waals surface area contributed by atoms with Gasteiger partial charge in [-0.05, 0) is 35.4 Å². The molecule has 2 rings (SSSR count). The molecule has 0 heterocycles. The molecule has 0 saturated carbocycles. The van der Waals surface area contributed by atoms with E-state index in [1.165, 1.54) is 7.11 Å². The fourth-order valence-electron chi connectivity index (χ4n) is 2.35. The van der Waals surface area contributed by atoms with Crippen LogP contribution in [0.4, 0.5) is 0 Å². The van der Waals surface area contributed by atoms with E-state index in [0.717, 1.165) is 11.8 Å². The number of ether oxygens (including phenoxy) is 3. The summed E-state index contributed by atoms with van der Waals surface area (Å²) in [7, 11) is 1.32. The lowest BCUT2D eigenvalue weighted by Crippen LogP contribution is -2.11. The summed E-state index contributed by atoms with van der Waals surface area (Å²) in [5.41, 5.74) is 2.46. The second-order valence-electron chi connectivity index (χ2n) is 5.34. The Morgan fingerprint density at radius 2 is 1.85 bits per heavy atom. The number of hydrogen-bond donors (Lipinski definition) is 0. The third-order valence-electron chi connectivity index (χ3n) is 3.74. The van der Waals surface area contributed by atoms with Crippen LogP contribution in [-0.4, -0.2) is 32.6 Å². The van der Waals surface area contributed by atoms with Crippen LogP contribution in [-0.2, 0) is 15.4 Å². The van der Waals surface area contributed by atoms with Gasteiger partial charge in [-0.3, -0.25) is 4.79 Å². The van der Waals surface area contributed by atoms with Crippen molar-refractivity contribution in [2.75, 3.05) is 20.3 Å². The van der Waals surface area contributed by atoms with E-state index in [0.29, 0.717) is 43.9 Å². The quantitative estimate of drug-likeness (QED) is 0.197. The summed E-state index contributed by atoms with van der Waals surface area (Å²) in [6.07, 6.45) is 0.796. The van der Waals surface area contributed by atoms with Crippen molar-refractivity contribution in [3.05, 3.63) is 57.6 Å². The summed E-state index contributed by atoms with van der Waals surface area (Å²) in [5.74, 6) is 0.573. The molecule has 2 aromatic rings. The Hall–Kier alpha value is -1.57. The minimum absolute atomic E-state index is 0.246. The largest absolute Gasteiger partial charge is 0.490 e. The molecule has 5 nitrogen and oxygen atoms in total. The molecule has 0 atom stereocenters. The molecular formula is C19H17Br2ClO5. The van der Waals surface area contributed by atoms with Gasteiger partial charge in [-0.1, -0.05) is 49.5 Å². The first kappa shape index (κ1) is 21.7. The van der Waals surface area contributed by atoms with Gasteiger partial charge in [0.25, 0.3) is 0 Å². The summed E-state index contributed by atoms with van der Waals surface area (Å²) in [6, 6.07) is 8.55. The number of carbonyl (C=O) groups excluding carboxylic acids is 2. The highest BCUT2D eigenvalue weighted by molar-refractivity contribution is 9.08. The molecule has 2 aromatic carbocycles. The number of methoxy groups -OCH3 is 1. The lowest BCUT2D eigenvalue weighted by molar-refractivity contribution is 0.0599. The van der Waals surface area contributed by atoms with Gasteiger partial charge in [0.15, 0.2) is 0 Å². The maximum Gasteiger partial charge on any atom is 0.338 e. The molecule has 0 aromatic heterocycles. The molecule has 0 aliphatic heterocycles. The first-order valence-electron chi connectivity index (χ1n) is 7.91. The Morgan fingerprint density at radius 3 is 2.48 bits per heavy atom. The van der Waals surface area contributed by atoms with Crippen LogP contribution < -0.4 is 9.47 Å². The van der Waals surface area contributed by atoms with Crippen molar-refractivity contribution in [1.29, 1.82) is 0 Å². The number of carbonyl (C=O) groups is 2. The highest BCUT2D eigenvalue weighted by Crippen LogP contribution is 2.33. The molecule has 0 fully saturated rings. The van der Waals surface area contributed by atoms with Crippen molar-refractivity contribution in [2.24, 2.45) is 0 Å². The van der Waals surface area contributed by atoms with E-state index in [2.05, 4.69) is 31.9 Å². The molecule has 144 valence electrons. The standard InChI is InChI=1S/C19H17Br2ClO5/c1-25-19(24)15-4-5-17(18(22)16(15)10-21)27-7-6-26-14-3-2-12(9-20)13(8-14)11-23/h2-5,8,11H,6-7,9-10H2,1H3. The van der Waals surface area contributed by atoms with E-state index in [-0.39, 0.29) is 13.2 Å². The van der Waals surface area contributed by atoms with Crippen molar-refractivity contribution >= 4 is 55.7 Å². The fourth-order valence-corrected chi connectivity index (χ4v) is 3.89. The average Bonchev–Trinajstić information content (AvgIpc) is 2.70. The first-order chi connectivity index (χ1) is 13.0. The number of alkyl halides is 2. The zero-order chi connectivity index (χ0) is 19.8. The molecule has 0 bridgehead atoms. The van der Waals surface area contributed by atoms with Crippen LogP contribution in [0.2, 0.25) is 5.02 Å². The van der Waals surface area contributed by atoms with Crippen molar-refractivity contribution in [3.63, 3.8) is 0 Å². The number of hydrogen-bond acceptors (Lipinski definition) is 5. The van der Waals surface area contributed by atoms with Gasteiger partial charge in [-0.15, -0.1) is 0 Å². The predicted molar refractivity (Wildman–Crippen MR) is 111 cm³/mol. The van der Waals surface area contributed by atoms with Gasteiger partial charge in [-0.2, -0.15) is 0 Å². The van der Waals surface area contributed by atoms with E-state index in [1.807, 2.05) is 6.07 Å². The van der Waals surface area contributed by atoms with E-state index in [4.69, 9.17) is 25.8 Å². The van der Waals surface area contributed by atoms with Crippen molar-refractivity contribution in [3.8, 4) is 11.5 Å². The Bertz CT molecular complexity index is 826. The Balaban J connectivity index is 1.99. The summed E-state index contributed by atoms with van der Waals surface area (Å²) in [6.45, 7) is 0.514. The van der Waals surface area contributed by atoms with Crippen LogP contribution in [0.3, 0.4) is 0 Å². The molecule has 0 spiro atoms. The molecule has 0 unspecified atom stereocenters. The van der Waals surface area contributed by atoms with Gasteiger partial charge in [0.1, 0.15) is 31.0 Å². The smallest absolute Gasteiger partial charge is 0.338 e. The third kappa shape index (κ3) is 5.46. The van der Waals surface area contributed by atoms with Gasteiger partial charge in [-0.25, -0.2) is 4.79 Å². The molecule has 0 aliphatic carbocycles. The zero-order valence-corrected chi connectivity index (χ0v) is 18.4. The van der Waals surface area contributed by atoms with Crippen LogP contribution >= 0.6 is 43.5 Å². The lowest BCUT2D eigenvalue weighted by atomic mass is 10.1. The highest BCUT2D eigenvalue weighted by Gasteiger charge is 2.17. The van der Waals surface area contributed by atoms with Crippen molar-refractivity contribution in [1.82, 2.24) is 0 Å². The molecular weight excluding hydrogens is 503 g/mol. The molecule has 27 heavy (non-hydrogen) atoms. The normalized spacial score (nSPS) is 10.4. The molecule has 0 amide bonds. The van der Waals surface area contributed by atoms with Gasteiger partial charge >= 0.3 is 5.97 Å². The SMILES string of the molecule is COC(=O)c1ccc(OCCOc2ccc(CBr)c(C=O)c2)c(Cl)c1CBr. The second-order valence-corrected chi connectivity index (χ2v) is 6.84. The maximum atomic E-state index is 11.8. The summed E-state index contributed by atoms with van der Waals surface area (Å²) in [4.78, 5) is 22.9. The van der Waals surface area contributed by atoms with E-state index in [1.54, 1.807) is 24.3 Å². The van der Waals surface area contributed by atoms with Crippen LogP contribution in [0.5, 0.6) is 11.5 Å². The van der Waals surface area contributed by atoms with Crippen molar-refractivity contribution < 1.29 is 23.8 Å². The molecule has 0 radical (unpaired) electrons. The molecule has 0 saturated heterocycles. The second kappa shape index (κ2) is 10.7. The van der Waals surface area contributed by atoms with Crippen LogP contribution in [0.15, 0.2) is 30.3 Å². The van der Waals surface area contributed by atoms with E-state index in [9.17, 15) is 9.59 Å². The van der Waals surface area contributed by atoms with Gasteiger partial charge in [0.05, 0.1) is 17.7 Å². The summed E-state index contributed by atoms with van der Waals surface area (Å²) in [5, 5.41) is 1.33. The first-order valence-corrected chi connectivity index (χ1v) is 10.5. The van der Waals surface area contributed by atoms with Crippen LogP contribution in [0.25, 0.3) is 0 Å². The Morgan fingerprint density at radius 1 is 1.11 bits per heavy atom. The predicted octanol–water partition coefficient (Wildman–Crippen LogP) is 5.19. The topological polar surface area (TPSA) is 61.8 Å². The van der Waals surface area contributed by atoms with Crippen LogP contribution in [0, 0.1) is 0 Å². The van der Waals surface area contributed by atoms with Gasteiger partial charge in [0.2, 0.25) is 0 Å². The summed E-state index contributed by atoms with van der Waals surface area (Å²) >= 11 is 13.0. The Labute approximate surface area is 179 Å². The van der Waals surface area contributed by atoms with E-state index >= 15 is 0 Å². The van der Waals surface area contributed by atoms with Crippen molar-refractivity contribution in [2.45, 2.75) is 10.7 Å². The lowest BCUT2D eigenvalue weighted by Gasteiger charge is -2.14. The minimum Gasteiger partial charge on any atom is -0.490 e. The molecule has 0 aliphatic rings. The number of rotatable bonds is 9. The third-order valence-corrected chi connectivity index (χ3v) is 5.32. The van der Waals surface area contributed by atoms with Gasteiger partial charge in [0, 0.05) is 16.2 Å².